The van der Waals surface area contributed by atoms with Gasteiger partial charge < -0.3 is 16.0 Å². The maximum atomic E-state index is 12.1. The van der Waals surface area contributed by atoms with Crippen LogP contribution in [-0.2, 0) is 0 Å². The van der Waals surface area contributed by atoms with Gasteiger partial charge in [0.05, 0.1) is 5.69 Å². The minimum Gasteiger partial charge on any atom is -0.396 e. The molecule has 3 N–H and O–H groups in total. The first-order valence-corrected chi connectivity index (χ1v) is 5.87. The summed E-state index contributed by atoms with van der Waals surface area (Å²) in [5.41, 5.74) is 7.71. The number of benzene rings is 1. The number of carbonyl (C=O) groups excluding carboxylic acids is 1. The maximum absolute atomic E-state index is 12.1. The van der Waals surface area contributed by atoms with Crippen LogP contribution in [0.25, 0.3) is 0 Å². The van der Waals surface area contributed by atoms with E-state index in [1.54, 1.807) is 24.4 Å². The minimum atomic E-state index is -0.228. The van der Waals surface area contributed by atoms with Gasteiger partial charge in [0.15, 0.2) is 5.82 Å². The second kappa shape index (κ2) is 5.39. The van der Waals surface area contributed by atoms with E-state index in [2.05, 4.69) is 10.3 Å². The van der Waals surface area contributed by atoms with Gasteiger partial charge in [-0.05, 0) is 30.3 Å². The van der Waals surface area contributed by atoms with E-state index in [1.807, 2.05) is 37.2 Å². The highest BCUT2D eigenvalue weighted by atomic mass is 16.1. The third-order valence-electron chi connectivity index (χ3n) is 2.70. The summed E-state index contributed by atoms with van der Waals surface area (Å²) in [6.45, 7) is 0. The zero-order chi connectivity index (χ0) is 13.8. The number of rotatable bonds is 3. The van der Waals surface area contributed by atoms with Gasteiger partial charge >= 0.3 is 0 Å². The third kappa shape index (κ3) is 3.01. The molecule has 0 aliphatic rings. The first-order chi connectivity index (χ1) is 9.08. The molecule has 2 rings (SSSR count). The van der Waals surface area contributed by atoms with Crippen molar-refractivity contribution in [2.24, 2.45) is 0 Å². The molecule has 19 heavy (non-hydrogen) atoms. The average Bonchev–Trinajstić information content (AvgIpc) is 2.41. The number of carbonyl (C=O) groups is 1. The summed E-state index contributed by atoms with van der Waals surface area (Å²) in [7, 11) is 3.85. The summed E-state index contributed by atoms with van der Waals surface area (Å²) in [6.07, 6.45) is 1.59. The van der Waals surface area contributed by atoms with Crippen molar-refractivity contribution in [1.82, 2.24) is 4.98 Å². The molecule has 2 aromatic rings. The fraction of sp³-hybridized carbons (Fsp3) is 0.143. The van der Waals surface area contributed by atoms with Gasteiger partial charge in [-0.15, -0.1) is 0 Å². The van der Waals surface area contributed by atoms with Crippen LogP contribution in [0.4, 0.5) is 17.2 Å². The van der Waals surface area contributed by atoms with Gasteiger partial charge in [-0.3, -0.25) is 4.79 Å². The fourth-order valence-electron chi connectivity index (χ4n) is 1.63. The van der Waals surface area contributed by atoms with E-state index in [-0.39, 0.29) is 5.91 Å². The molecule has 0 saturated heterocycles. The van der Waals surface area contributed by atoms with Gasteiger partial charge in [0, 0.05) is 31.5 Å². The normalized spacial score (nSPS) is 10.0. The van der Waals surface area contributed by atoms with Crippen molar-refractivity contribution in [3.8, 4) is 0 Å². The van der Waals surface area contributed by atoms with Crippen molar-refractivity contribution in [1.29, 1.82) is 0 Å². The Labute approximate surface area is 112 Å². The van der Waals surface area contributed by atoms with Crippen molar-refractivity contribution >= 4 is 23.1 Å². The van der Waals surface area contributed by atoms with E-state index >= 15 is 0 Å². The van der Waals surface area contributed by atoms with E-state index < -0.39 is 0 Å². The lowest BCUT2D eigenvalue weighted by Gasteiger charge is -2.13. The molecule has 0 aliphatic carbocycles. The van der Waals surface area contributed by atoms with Crippen molar-refractivity contribution in [3.63, 3.8) is 0 Å². The predicted molar refractivity (Wildman–Crippen MR) is 77.4 cm³/mol. The van der Waals surface area contributed by atoms with Crippen LogP contribution in [0.1, 0.15) is 10.4 Å². The number of nitrogen functional groups attached to an aromatic ring is 1. The molecule has 98 valence electrons. The Morgan fingerprint density at radius 2 is 2.05 bits per heavy atom. The molecule has 5 heteroatoms. The number of hydrogen-bond acceptors (Lipinski definition) is 4. The summed E-state index contributed by atoms with van der Waals surface area (Å²) in [4.78, 5) is 18.1. The zero-order valence-electron chi connectivity index (χ0n) is 10.9. The van der Waals surface area contributed by atoms with Crippen molar-refractivity contribution < 1.29 is 4.79 Å². The summed E-state index contributed by atoms with van der Waals surface area (Å²) >= 11 is 0. The van der Waals surface area contributed by atoms with Crippen LogP contribution in [0.15, 0.2) is 42.6 Å². The molecule has 1 amide bonds. The molecule has 5 nitrogen and oxygen atoms in total. The van der Waals surface area contributed by atoms with Gasteiger partial charge in [-0.2, -0.15) is 0 Å². The Balaban J connectivity index is 2.21. The minimum absolute atomic E-state index is 0.228. The van der Waals surface area contributed by atoms with Crippen LogP contribution in [0.5, 0.6) is 0 Å². The first kappa shape index (κ1) is 12.9. The Morgan fingerprint density at radius 3 is 2.74 bits per heavy atom. The molecule has 0 spiro atoms. The molecule has 0 fully saturated rings. The number of nitrogens with two attached hydrogens (primary N) is 1. The molecular formula is C14H16N4O. The van der Waals surface area contributed by atoms with Gasteiger partial charge in [0.1, 0.15) is 0 Å². The second-order valence-electron chi connectivity index (χ2n) is 4.34. The number of nitrogens with one attached hydrogen (secondary N) is 1. The van der Waals surface area contributed by atoms with Crippen molar-refractivity contribution in [3.05, 3.63) is 48.2 Å². The van der Waals surface area contributed by atoms with Gasteiger partial charge in [-0.1, -0.05) is 6.07 Å². The Bertz CT molecular complexity index is 596. The lowest BCUT2D eigenvalue weighted by molar-refractivity contribution is 0.102. The molecule has 0 saturated carbocycles. The lowest BCUT2D eigenvalue weighted by atomic mass is 10.2. The lowest BCUT2D eigenvalue weighted by Crippen LogP contribution is -2.15. The maximum Gasteiger partial charge on any atom is 0.256 e. The van der Waals surface area contributed by atoms with Gasteiger partial charge in [0.2, 0.25) is 0 Å². The zero-order valence-corrected chi connectivity index (χ0v) is 10.9. The van der Waals surface area contributed by atoms with E-state index in [4.69, 9.17) is 5.73 Å². The smallest absolute Gasteiger partial charge is 0.256 e. The quantitative estimate of drug-likeness (QED) is 0.881. The molecule has 0 aliphatic heterocycles. The number of nitrogens with zero attached hydrogens (tertiary/aromatic N) is 2. The van der Waals surface area contributed by atoms with Gasteiger partial charge in [0.25, 0.3) is 5.91 Å². The number of pyridine rings is 1. The third-order valence-corrected chi connectivity index (χ3v) is 2.70. The molecule has 1 aromatic carbocycles. The summed E-state index contributed by atoms with van der Waals surface area (Å²) in [5.74, 6) is 0.150. The fourth-order valence-corrected chi connectivity index (χ4v) is 1.63. The monoisotopic (exact) mass is 256 g/mol. The molecule has 1 aromatic heterocycles. The van der Waals surface area contributed by atoms with E-state index in [1.165, 1.54) is 0 Å². The molecule has 0 bridgehead atoms. The van der Waals surface area contributed by atoms with Crippen LogP contribution >= 0.6 is 0 Å². The van der Waals surface area contributed by atoms with Crippen molar-refractivity contribution in [2.75, 3.05) is 30.0 Å². The molecule has 0 unspecified atom stereocenters. The van der Waals surface area contributed by atoms with E-state index in [9.17, 15) is 4.79 Å². The van der Waals surface area contributed by atoms with Crippen LogP contribution in [0.2, 0.25) is 0 Å². The van der Waals surface area contributed by atoms with Crippen LogP contribution in [0, 0.1) is 0 Å². The highest BCUT2D eigenvalue weighted by Gasteiger charge is 2.09. The standard InChI is InChI=1S/C14H16N4O/c1-18(2)11-6-3-5-10(9-11)14(19)17-13-12(15)7-4-8-16-13/h3-9H,15H2,1-2H3,(H,16,17,19). The average molecular weight is 256 g/mol. The largest absolute Gasteiger partial charge is 0.396 e. The molecule has 1 heterocycles. The Hall–Kier alpha value is -2.56. The van der Waals surface area contributed by atoms with E-state index in [0.29, 0.717) is 17.1 Å². The SMILES string of the molecule is CN(C)c1cccc(C(=O)Nc2ncccc2N)c1. The van der Waals surface area contributed by atoms with Crippen LogP contribution in [0.3, 0.4) is 0 Å². The molecular weight excluding hydrogens is 240 g/mol. The number of aromatic nitrogens is 1. The molecule has 0 radical (unpaired) electrons. The van der Waals surface area contributed by atoms with E-state index in [0.717, 1.165) is 5.69 Å². The van der Waals surface area contributed by atoms with Gasteiger partial charge in [-0.25, -0.2) is 4.98 Å². The number of hydrogen-bond donors (Lipinski definition) is 2. The Kier molecular flexibility index (Phi) is 3.66. The highest BCUT2D eigenvalue weighted by molar-refractivity contribution is 6.05. The summed E-state index contributed by atoms with van der Waals surface area (Å²) in [5, 5.41) is 2.70. The number of amides is 1. The predicted octanol–water partition coefficient (Wildman–Crippen LogP) is 1.98. The van der Waals surface area contributed by atoms with Crippen molar-refractivity contribution in [2.45, 2.75) is 0 Å². The first-order valence-electron chi connectivity index (χ1n) is 5.87. The highest BCUT2D eigenvalue weighted by Crippen LogP contribution is 2.17. The Morgan fingerprint density at radius 1 is 1.26 bits per heavy atom. The summed E-state index contributed by atoms with van der Waals surface area (Å²) in [6, 6.07) is 10.8. The number of anilines is 3. The van der Waals surface area contributed by atoms with Crippen LogP contribution in [-0.4, -0.2) is 25.0 Å². The summed E-state index contributed by atoms with van der Waals surface area (Å²) < 4.78 is 0. The molecule has 0 atom stereocenters. The topological polar surface area (TPSA) is 71.2 Å². The van der Waals surface area contributed by atoms with Crippen LogP contribution < -0.4 is 16.0 Å². The second-order valence-corrected chi connectivity index (χ2v) is 4.34.